The van der Waals surface area contributed by atoms with Gasteiger partial charge >= 0.3 is 211 Å². The van der Waals surface area contributed by atoms with Crippen molar-refractivity contribution in [1.29, 1.82) is 0 Å². The van der Waals surface area contributed by atoms with Gasteiger partial charge in [0.05, 0.1) is 0 Å². The van der Waals surface area contributed by atoms with Gasteiger partial charge < -0.3 is 0 Å². The first-order valence-electron chi connectivity index (χ1n) is 12.4. The molecule has 2 heterocycles. The number of nitrogens with one attached hydrogen (secondary N) is 1. The fraction of sp³-hybridized carbons (Fsp3) is 0.462. The fourth-order valence-corrected chi connectivity index (χ4v) is 3.97. The number of nitrogens with zero attached hydrogens (tertiary/aromatic N) is 4. The van der Waals surface area contributed by atoms with E-state index < -0.39 is 31.9 Å². The molecular formula is C26H32N5O5P. The van der Waals surface area contributed by atoms with E-state index in [4.69, 9.17) is 4.74 Å². The topological polar surface area (TPSA) is 122 Å². The van der Waals surface area contributed by atoms with Crippen molar-refractivity contribution in [3.63, 3.8) is 0 Å². The Hall–Kier alpha value is -3.48. The van der Waals surface area contributed by atoms with Gasteiger partial charge in [-0.3, -0.25) is 0 Å². The first-order valence-corrected chi connectivity index (χ1v) is 13.2. The van der Waals surface area contributed by atoms with Crippen molar-refractivity contribution in [2.45, 2.75) is 45.6 Å². The van der Waals surface area contributed by atoms with Crippen LogP contribution < -0.4 is 5.32 Å². The number of unbranched alkanes of at least 4 members (excludes halogenated alkanes) is 1. The van der Waals surface area contributed by atoms with E-state index in [9.17, 15) is 18.9 Å². The molecular weight excluding hydrogens is 493 g/mol. The number of ether oxygens (including phenoxy) is 1. The van der Waals surface area contributed by atoms with Gasteiger partial charge in [0.2, 0.25) is 0 Å². The van der Waals surface area contributed by atoms with Crippen LogP contribution in [0.4, 0.5) is 4.79 Å². The quantitative estimate of drug-likeness (QED) is 0.412. The number of carbonyl (C=O) groups is 3. The molecule has 196 valence electrons. The summed E-state index contributed by atoms with van der Waals surface area (Å²) in [7, 11) is -0.517. The molecule has 0 unspecified atom stereocenters. The molecule has 1 aromatic heterocycles. The maximum absolute atomic E-state index is 13.2. The van der Waals surface area contributed by atoms with Gasteiger partial charge in [-0.15, -0.1) is 0 Å². The molecule has 3 rings (SSSR count). The molecule has 11 heteroatoms. The summed E-state index contributed by atoms with van der Waals surface area (Å²) in [6, 6.07) is 9.64. The molecule has 0 saturated carbocycles. The van der Waals surface area contributed by atoms with E-state index in [0.717, 1.165) is 18.4 Å². The zero-order valence-corrected chi connectivity index (χ0v) is 22.2. The Morgan fingerprint density at radius 1 is 1.08 bits per heavy atom. The summed E-state index contributed by atoms with van der Waals surface area (Å²) in [5.74, 6) is -0.624. The fourth-order valence-electron chi connectivity index (χ4n) is 3.69. The van der Waals surface area contributed by atoms with Crippen molar-refractivity contribution >= 4 is 25.8 Å². The van der Waals surface area contributed by atoms with Crippen LogP contribution in [0.25, 0.3) is 11.4 Å². The van der Waals surface area contributed by atoms with Crippen molar-refractivity contribution in [2.75, 3.05) is 32.8 Å². The third-order valence-electron chi connectivity index (χ3n) is 5.88. The molecule has 0 bridgehead atoms. The number of amides is 3. The molecule has 1 N–H and O–H groups in total. The number of hydrogen-bond acceptors (Lipinski definition) is 7. The summed E-state index contributed by atoms with van der Waals surface area (Å²) in [6.45, 7) is 7.42. The van der Waals surface area contributed by atoms with Crippen LogP contribution in [0.2, 0.25) is 0 Å². The van der Waals surface area contributed by atoms with Gasteiger partial charge in [0.15, 0.2) is 0 Å². The number of hydrogen-bond donors (Lipinski definition) is 1. The molecule has 1 aliphatic rings. The Labute approximate surface area is 217 Å². The molecule has 0 spiro atoms. The number of aromatic nitrogens is 2. The molecule has 1 fully saturated rings. The van der Waals surface area contributed by atoms with Crippen molar-refractivity contribution in [1.82, 2.24) is 25.1 Å². The molecule has 2 aromatic rings. The van der Waals surface area contributed by atoms with Crippen LogP contribution in [0.1, 0.15) is 55.7 Å². The SMILES string of the molecule is CCCCOC(=O)N1CCN(C(=O)[C@H](C#P=O)NC(=O)c2cc(C(C)C)nc(-c3ccccc3)n2)CC1. The average molecular weight is 526 g/mol. The molecule has 0 aliphatic carbocycles. The minimum absolute atomic E-state index is 0.0395. The van der Waals surface area contributed by atoms with Gasteiger partial charge in [-0.05, 0) is 0 Å². The van der Waals surface area contributed by atoms with Crippen LogP contribution >= 0.6 is 7.92 Å². The third kappa shape index (κ3) is 7.75. The summed E-state index contributed by atoms with van der Waals surface area (Å²) in [6.07, 6.45) is 1.32. The molecule has 37 heavy (non-hydrogen) atoms. The van der Waals surface area contributed by atoms with Crippen molar-refractivity contribution in [3.8, 4) is 17.0 Å². The first kappa shape index (κ1) is 28.1. The Morgan fingerprint density at radius 3 is 2.38 bits per heavy atom. The summed E-state index contributed by atoms with van der Waals surface area (Å²) in [5, 5.41) is 2.60. The second-order valence-electron chi connectivity index (χ2n) is 8.93. The summed E-state index contributed by atoms with van der Waals surface area (Å²) in [4.78, 5) is 50.5. The van der Waals surface area contributed by atoms with Crippen LogP contribution in [0.15, 0.2) is 36.4 Å². The van der Waals surface area contributed by atoms with Gasteiger partial charge in [-0.25, -0.2) is 0 Å². The molecule has 1 aromatic carbocycles. The normalized spacial score (nSPS) is 14.1. The van der Waals surface area contributed by atoms with Gasteiger partial charge in [0.25, 0.3) is 0 Å². The zero-order chi connectivity index (χ0) is 26.8. The summed E-state index contributed by atoms with van der Waals surface area (Å²) in [5.41, 5.74) is 4.01. The minimum atomic E-state index is -1.24. The van der Waals surface area contributed by atoms with Crippen LogP contribution in [0.3, 0.4) is 0 Å². The predicted molar refractivity (Wildman–Crippen MR) is 139 cm³/mol. The maximum atomic E-state index is 13.2. The second-order valence-corrected chi connectivity index (χ2v) is 9.37. The Balaban J connectivity index is 1.71. The Bertz CT molecular complexity index is 1210. The average Bonchev–Trinajstić information content (AvgIpc) is 2.92. The Morgan fingerprint density at radius 2 is 1.76 bits per heavy atom. The van der Waals surface area contributed by atoms with Gasteiger partial charge in [0, 0.05) is 0 Å². The molecule has 1 aliphatic heterocycles. The van der Waals surface area contributed by atoms with Crippen molar-refractivity contribution in [2.24, 2.45) is 0 Å². The van der Waals surface area contributed by atoms with E-state index in [2.05, 4.69) is 20.9 Å². The predicted octanol–water partition coefficient (Wildman–Crippen LogP) is 3.70. The summed E-state index contributed by atoms with van der Waals surface area (Å²) < 4.78 is 16.6. The Kier molecular flexibility index (Phi) is 10.4. The second kappa shape index (κ2) is 13.7. The van der Waals surface area contributed by atoms with E-state index in [-0.39, 0.29) is 24.7 Å². The monoisotopic (exact) mass is 525 g/mol. The molecule has 10 nitrogen and oxygen atoms in total. The van der Waals surface area contributed by atoms with Gasteiger partial charge in [-0.1, -0.05) is 6.92 Å². The van der Waals surface area contributed by atoms with E-state index in [1.165, 1.54) is 4.90 Å². The molecule has 1 atom stereocenters. The first-order chi connectivity index (χ1) is 17.8. The van der Waals surface area contributed by atoms with E-state index >= 15 is 0 Å². The molecule has 3 amide bonds. The van der Waals surface area contributed by atoms with Crippen molar-refractivity contribution in [3.05, 3.63) is 47.8 Å². The number of benzene rings is 1. The van der Waals surface area contributed by atoms with E-state index in [1.807, 2.05) is 51.1 Å². The van der Waals surface area contributed by atoms with Crippen LogP contribution in [0, 0.1) is 5.63 Å². The number of rotatable bonds is 8. The van der Waals surface area contributed by atoms with Crippen LogP contribution in [0.5, 0.6) is 0 Å². The van der Waals surface area contributed by atoms with Crippen molar-refractivity contribution < 1.29 is 23.7 Å². The zero-order valence-electron chi connectivity index (χ0n) is 21.3. The third-order valence-corrected chi connectivity index (χ3v) is 6.24. The van der Waals surface area contributed by atoms with E-state index in [1.54, 1.807) is 11.0 Å². The number of piperazine rings is 1. The van der Waals surface area contributed by atoms with Crippen LogP contribution in [-0.4, -0.2) is 76.5 Å². The van der Waals surface area contributed by atoms with Gasteiger partial charge in [0.1, 0.15) is 0 Å². The van der Waals surface area contributed by atoms with Gasteiger partial charge in [-0.2, -0.15) is 0 Å². The standard InChI is InChI=1S/C26H32N5O5P/c1-4-5-15-36-26(34)31-13-11-30(12-14-31)25(33)22(17-37-35)29-24(32)21-16-20(18(2)3)27-23(28-21)19-9-7-6-8-10-19/h6-10,16,18,22H,4-5,11-15H2,1-3H3,(H,29,32)/t22-/m0/s1. The van der Waals surface area contributed by atoms with Crippen LogP contribution in [-0.2, 0) is 14.1 Å². The van der Waals surface area contributed by atoms with E-state index in [0.29, 0.717) is 31.2 Å². The summed E-state index contributed by atoms with van der Waals surface area (Å²) >= 11 is 0. The molecule has 0 radical (unpaired) electrons. The molecule has 1 saturated heterocycles. The number of carbonyl (C=O) groups excluding carboxylic acids is 3.